The van der Waals surface area contributed by atoms with E-state index in [9.17, 15) is 0 Å². The Balaban J connectivity index is 2.16. The number of nitrogens with two attached hydrogens (primary N) is 1. The standard InChI is InChI=1S/C14H21NO/c1-10-5-3-8-13(10)14(15)11-6-4-7-12(9-11)16-2/h4,6-7,9-10,13-14H,3,5,8,15H2,1-2H3. The highest BCUT2D eigenvalue weighted by molar-refractivity contribution is 5.30. The van der Waals surface area contributed by atoms with Gasteiger partial charge in [-0.05, 0) is 36.0 Å². The van der Waals surface area contributed by atoms with Gasteiger partial charge in [-0.25, -0.2) is 0 Å². The lowest BCUT2D eigenvalue weighted by atomic mass is 9.86. The van der Waals surface area contributed by atoms with E-state index in [-0.39, 0.29) is 6.04 Å². The second-order valence-corrected chi connectivity index (χ2v) is 4.87. The normalized spacial score (nSPS) is 26.7. The third kappa shape index (κ3) is 2.22. The fraction of sp³-hybridized carbons (Fsp3) is 0.571. The topological polar surface area (TPSA) is 35.2 Å². The predicted molar refractivity (Wildman–Crippen MR) is 66.4 cm³/mol. The first-order valence-corrected chi connectivity index (χ1v) is 6.12. The van der Waals surface area contributed by atoms with E-state index >= 15 is 0 Å². The summed E-state index contributed by atoms with van der Waals surface area (Å²) in [6, 6.07) is 8.32. The fourth-order valence-corrected chi connectivity index (χ4v) is 2.80. The molecule has 0 aliphatic heterocycles. The molecule has 0 aromatic heterocycles. The van der Waals surface area contributed by atoms with Crippen LogP contribution in [0.25, 0.3) is 0 Å². The summed E-state index contributed by atoms with van der Waals surface area (Å²) in [5, 5.41) is 0. The first-order valence-electron chi connectivity index (χ1n) is 6.12. The van der Waals surface area contributed by atoms with E-state index in [1.807, 2.05) is 12.1 Å². The van der Waals surface area contributed by atoms with Crippen molar-refractivity contribution in [3.05, 3.63) is 29.8 Å². The number of rotatable bonds is 3. The van der Waals surface area contributed by atoms with Crippen LogP contribution in [-0.2, 0) is 0 Å². The Hall–Kier alpha value is -1.02. The Labute approximate surface area is 97.8 Å². The summed E-state index contributed by atoms with van der Waals surface area (Å²) in [6.07, 6.45) is 3.91. The van der Waals surface area contributed by atoms with Crippen molar-refractivity contribution in [2.24, 2.45) is 17.6 Å². The summed E-state index contributed by atoms with van der Waals surface area (Å²) < 4.78 is 5.24. The van der Waals surface area contributed by atoms with Crippen molar-refractivity contribution in [3.8, 4) is 5.75 Å². The van der Waals surface area contributed by atoms with Gasteiger partial charge in [0.25, 0.3) is 0 Å². The van der Waals surface area contributed by atoms with Crippen LogP contribution in [0.3, 0.4) is 0 Å². The Bertz CT molecular complexity index is 350. The molecule has 2 heteroatoms. The third-order valence-electron chi connectivity index (χ3n) is 3.87. The van der Waals surface area contributed by atoms with Crippen LogP contribution in [0.1, 0.15) is 37.8 Å². The second kappa shape index (κ2) is 4.88. The maximum atomic E-state index is 6.36. The zero-order valence-electron chi connectivity index (χ0n) is 10.1. The molecule has 0 bridgehead atoms. The molecule has 16 heavy (non-hydrogen) atoms. The summed E-state index contributed by atoms with van der Waals surface area (Å²) in [5.74, 6) is 2.28. The van der Waals surface area contributed by atoms with Crippen molar-refractivity contribution in [1.29, 1.82) is 0 Å². The van der Waals surface area contributed by atoms with Gasteiger partial charge in [0.15, 0.2) is 0 Å². The Morgan fingerprint density at radius 1 is 1.38 bits per heavy atom. The first-order chi connectivity index (χ1) is 7.72. The van der Waals surface area contributed by atoms with E-state index in [1.54, 1.807) is 7.11 Å². The molecule has 0 saturated heterocycles. The molecule has 1 fully saturated rings. The maximum Gasteiger partial charge on any atom is 0.119 e. The predicted octanol–water partition coefficient (Wildman–Crippen LogP) is 3.13. The molecule has 0 spiro atoms. The van der Waals surface area contributed by atoms with Crippen LogP contribution in [0.4, 0.5) is 0 Å². The lowest BCUT2D eigenvalue weighted by Gasteiger charge is -2.23. The van der Waals surface area contributed by atoms with Crippen molar-refractivity contribution in [2.45, 2.75) is 32.2 Å². The van der Waals surface area contributed by atoms with E-state index in [0.717, 1.165) is 11.7 Å². The van der Waals surface area contributed by atoms with Crippen molar-refractivity contribution >= 4 is 0 Å². The van der Waals surface area contributed by atoms with Gasteiger partial charge in [0.2, 0.25) is 0 Å². The highest BCUT2D eigenvalue weighted by Gasteiger charge is 2.29. The molecular weight excluding hydrogens is 198 g/mol. The summed E-state index contributed by atoms with van der Waals surface area (Å²) in [5.41, 5.74) is 7.57. The molecule has 2 nitrogen and oxygen atoms in total. The largest absolute Gasteiger partial charge is 0.497 e. The number of hydrogen-bond acceptors (Lipinski definition) is 2. The molecule has 88 valence electrons. The van der Waals surface area contributed by atoms with Gasteiger partial charge in [0.05, 0.1) is 7.11 Å². The third-order valence-corrected chi connectivity index (χ3v) is 3.87. The average Bonchev–Trinajstić information content (AvgIpc) is 2.74. The molecule has 1 saturated carbocycles. The zero-order chi connectivity index (χ0) is 11.5. The lowest BCUT2D eigenvalue weighted by Crippen LogP contribution is -2.23. The molecule has 2 N–H and O–H groups in total. The lowest BCUT2D eigenvalue weighted by molar-refractivity contribution is 0.349. The molecule has 3 unspecified atom stereocenters. The van der Waals surface area contributed by atoms with Gasteiger partial charge in [0.1, 0.15) is 5.75 Å². The summed E-state index contributed by atoms with van der Waals surface area (Å²) >= 11 is 0. The molecule has 1 aromatic rings. The molecule has 1 aliphatic carbocycles. The molecule has 0 radical (unpaired) electrons. The Kier molecular flexibility index (Phi) is 3.49. The smallest absolute Gasteiger partial charge is 0.119 e. The van der Waals surface area contributed by atoms with Crippen LogP contribution in [0.15, 0.2) is 24.3 Å². The number of methoxy groups -OCH3 is 1. The van der Waals surface area contributed by atoms with Gasteiger partial charge >= 0.3 is 0 Å². The fourth-order valence-electron chi connectivity index (χ4n) is 2.80. The molecule has 1 aromatic carbocycles. The van der Waals surface area contributed by atoms with Crippen molar-refractivity contribution in [3.63, 3.8) is 0 Å². The number of ether oxygens (including phenoxy) is 1. The Morgan fingerprint density at radius 2 is 2.19 bits per heavy atom. The van der Waals surface area contributed by atoms with Gasteiger partial charge in [0, 0.05) is 6.04 Å². The minimum absolute atomic E-state index is 0.160. The van der Waals surface area contributed by atoms with E-state index in [1.165, 1.54) is 24.8 Å². The van der Waals surface area contributed by atoms with Gasteiger partial charge < -0.3 is 10.5 Å². The van der Waals surface area contributed by atoms with Crippen LogP contribution in [0.2, 0.25) is 0 Å². The monoisotopic (exact) mass is 219 g/mol. The quantitative estimate of drug-likeness (QED) is 0.847. The second-order valence-electron chi connectivity index (χ2n) is 4.87. The molecule has 3 atom stereocenters. The van der Waals surface area contributed by atoms with Crippen LogP contribution >= 0.6 is 0 Å². The SMILES string of the molecule is COc1cccc(C(N)C2CCCC2C)c1. The van der Waals surface area contributed by atoms with E-state index in [2.05, 4.69) is 19.1 Å². The molecule has 1 aliphatic rings. The molecular formula is C14H21NO. The first kappa shape index (κ1) is 11.5. The van der Waals surface area contributed by atoms with Gasteiger partial charge in [-0.1, -0.05) is 31.9 Å². The van der Waals surface area contributed by atoms with Crippen LogP contribution in [-0.4, -0.2) is 7.11 Å². The van der Waals surface area contributed by atoms with Gasteiger partial charge in [-0.3, -0.25) is 0 Å². The highest BCUT2D eigenvalue weighted by Crippen LogP contribution is 2.39. The summed E-state index contributed by atoms with van der Waals surface area (Å²) in [7, 11) is 1.70. The maximum absolute atomic E-state index is 6.36. The van der Waals surface area contributed by atoms with Crippen LogP contribution < -0.4 is 10.5 Å². The minimum atomic E-state index is 0.160. The molecule has 0 amide bonds. The molecule has 0 heterocycles. The van der Waals surface area contributed by atoms with Gasteiger partial charge in [-0.15, -0.1) is 0 Å². The number of hydrogen-bond donors (Lipinski definition) is 1. The number of benzene rings is 1. The highest BCUT2D eigenvalue weighted by atomic mass is 16.5. The van der Waals surface area contributed by atoms with Crippen LogP contribution in [0.5, 0.6) is 5.75 Å². The van der Waals surface area contributed by atoms with Crippen molar-refractivity contribution in [1.82, 2.24) is 0 Å². The Morgan fingerprint density at radius 3 is 2.81 bits per heavy atom. The molecule has 2 rings (SSSR count). The zero-order valence-corrected chi connectivity index (χ0v) is 10.1. The van der Waals surface area contributed by atoms with E-state index in [4.69, 9.17) is 10.5 Å². The van der Waals surface area contributed by atoms with Crippen molar-refractivity contribution < 1.29 is 4.74 Å². The van der Waals surface area contributed by atoms with E-state index < -0.39 is 0 Å². The summed E-state index contributed by atoms with van der Waals surface area (Å²) in [6.45, 7) is 2.32. The minimum Gasteiger partial charge on any atom is -0.497 e. The summed E-state index contributed by atoms with van der Waals surface area (Å²) in [4.78, 5) is 0. The average molecular weight is 219 g/mol. The van der Waals surface area contributed by atoms with Gasteiger partial charge in [-0.2, -0.15) is 0 Å². The van der Waals surface area contributed by atoms with E-state index in [0.29, 0.717) is 5.92 Å². The van der Waals surface area contributed by atoms with Crippen LogP contribution in [0, 0.1) is 11.8 Å². The van der Waals surface area contributed by atoms with Crippen molar-refractivity contribution in [2.75, 3.05) is 7.11 Å².